The number of nitrogens with one attached hydrogen (secondary N) is 1. The number of halogens is 3. The molecule has 154 valence electrons. The van der Waals surface area contributed by atoms with Crippen LogP contribution < -0.4 is 5.32 Å². The van der Waals surface area contributed by atoms with Gasteiger partial charge in [0, 0.05) is 11.9 Å². The van der Waals surface area contributed by atoms with E-state index in [2.05, 4.69) is 27.4 Å². The SMILES string of the molecule is CCCCCNc1nnc(-c2cc(C)c3cc(C4CC4)cc(C(F)(F)F)c3n2)o1. The highest BCUT2D eigenvalue weighted by Gasteiger charge is 2.36. The van der Waals surface area contributed by atoms with E-state index in [0.717, 1.165) is 37.7 Å². The van der Waals surface area contributed by atoms with Gasteiger partial charge in [-0.2, -0.15) is 13.2 Å². The first-order valence-corrected chi connectivity index (χ1v) is 9.97. The summed E-state index contributed by atoms with van der Waals surface area (Å²) in [6.45, 7) is 4.59. The zero-order valence-corrected chi connectivity index (χ0v) is 16.4. The quantitative estimate of drug-likeness (QED) is 0.483. The summed E-state index contributed by atoms with van der Waals surface area (Å²) in [5, 5.41) is 11.4. The minimum Gasteiger partial charge on any atom is -0.402 e. The van der Waals surface area contributed by atoms with Gasteiger partial charge in [-0.1, -0.05) is 24.9 Å². The molecule has 0 radical (unpaired) electrons. The normalized spacial score (nSPS) is 14.5. The second-order valence-electron chi connectivity index (χ2n) is 7.61. The number of anilines is 1. The minimum absolute atomic E-state index is 0.0763. The molecule has 1 aliphatic rings. The fourth-order valence-electron chi connectivity index (χ4n) is 3.46. The number of nitrogens with zero attached hydrogens (tertiary/aromatic N) is 3. The molecule has 0 unspecified atom stereocenters. The van der Waals surface area contributed by atoms with Crippen LogP contribution in [0.4, 0.5) is 19.2 Å². The standard InChI is InChI=1S/C21H23F3N4O/c1-3-4-5-8-25-20-28-27-19(29-20)17-9-12(2)15-10-14(13-6-7-13)11-16(18(15)26-17)21(22,23)24/h9-11,13H,3-8H2,1-2H3,(H,25,28). The predicted octanol–water partition coefficient (Wildman–Crippen LogP) is 6.09. The Bertz CT molecular complexity index is 1020. The van der Waals surface area contributed by atoms with Gasteiger partial charge in [0.15, 0.2) is 0 Å². The van der Waals surface area contributed by atoms with Crippen molar-refractivity contribution < 1.29 is 17.6 Å². The van der Waals surface area contributed by atoms with E-state index in [1.165, 1.54) is 6.07 Å². The van der Waals surface area contributed by atoms with Gasteiger partial charge in [0.1, 0.15) is 5.69 Å². The van der Waals surface area contributed by atoms with Crippen LogP contribution >= 0.6 is 0 Å². The Morgan fingerprint density at radius 1 is 1.14 bits per heavy atom. The summed E-state index contributed by atoms with van der Waals surface area (Å²) in [5.74, 6) is 0.323. The van der Waals surface area contributed by atoms with Crippen molar-refractivity contribution >= 4 is 16.9 Å². The van der Waals surface area contributed by atoms with E-state index < -0.39 is 11.7 Å². The van der Waals surface area contributed by atoms with Crippen LogP contribution in [0.5, 0.6) is 0 Å². The Labute approximate surface area is 166 Å². The second-order valence-corrected chi connectivity index (χ2v) is 7.61. The number of unbranched alkanes of at least 4 members (excludes halogenated alkanes) is 2. The number of aromatic nitrogens is 3. The van der Waals surface area contributed by atoms with E-state index in [0.29, 0.717) is 17.5 Å². The number of alkyl halides is 3. The lowest BCUT2D eigenvalue weighted by atomic mass is 9.98. The van der Waals surface area contributed by atoms with Gasteiger partial charge in [-0.15, -0.1) is 5.10 Å². The first kappa shape index (κ1) is 19.7. The first-order valence-electron chi connectivity index (χ1n) is 9.97. The average molecular weight is 404 g/mol. The molecular formula is C21H23F3N4O. The highest BCUT2D eigenvalue weighted by Crippen LogP contribution is 2.45. The van der Waals surface area contributed by atoms with Gasteiger partial charge >= 0.3 is 12.2 Å². The molecule has 0 saturated heterocycles. The molecule has 0 spiro atoms. The maximum atomic E-state index is 13.8. The van der Waals surface area contributed by atoms with Crippen LogP contribution in [0.15, 0.2) is 22.6 Å². The zero-order valence-electron chi connectivity index (χ0n) is 16.4. The van der Waals surface area contributed by atoms with E-state index in [9.17, 15) is 13.2 Å². The third kappa shape index (κ3) is 4.21. The Hall–Kier alpha value is -2.64. The molecule has 29 heavy (non-hydrogen) atoms. The molecule has 4 rings (SSSR count). The first-order chi connectivity index (χ1) is 13.9. The molecule has 0 aliphatic heterocycles. The zero-order chi connectivity index (χ0) is 20.6. The molecule has 3 aromatic rings. The fourth-order valence-corrected chi connectivity index (χ4v) is 3.46. The molecule has 0 amide bonds. The molecule has 8 heteroatoms. The molecule has 2 heterocycles. The largest absolute Gasteiger partial charge is 0.418 e. The molecule has 1 N–H and O–H groups in total. The van der Waals surface area contributed by atoms with E-state index in [1.54, 1.807) is 13.0 Å². The van der Waals surface area contributed by atoms with Crippen molar-refractivity contribution in [3.63, 3.8) is 0 Å². The van der Waals surface area contributed by atoms with Crippen LogP contribution in [0.25, 0.3) is 22.5 Å². The lowest BCUT2D eigenvalue weighted by Gasteiger charge is -2.14. The number of hydrogen-bond acceptors (Lipinski definition) is 5. The van der Waals surface area contributed by atoms with Crippen molar-refractivity contribution in [3.8, 4) is 11.6 Å². The van der Waals surface area contributed by atoms with Gasteiger partial charge in [-0.25, -0.2) is 4.98 Å². The van der Waals surface area contributed by atoms with Gasteiger partial charge in [0.2, 0.25) is 0 Å². The second kappa shape index (κ2) is 7.65. The summed E-state index contributed by atoms with van der Waals surface area (Å²) in [5.41, 5.74) is 0.896. The highest BCUT2D eigenvalue weighted by molar-refractivity contribution is 5.88. The Balaban J connectivity index is 1.71. The van der Waals surface area contributed by atoms with Crippen LogP contribution in [-0.4, -0.2) is 21.7 Å². The van der Waals surface area contributed by atoms with Crippen molar-refractivity contribution in [2.24, 2.45) is 0 Å². The van der Waals surface area contributed by atoms with Gasteiger partial charge in [0.25, 0.3) is 5.89 Å². The molecule has 1 aliphatic carbocycles. The molecule has 5 nitrogen and oxygen atoms in total. The highest BCUT2D eigenvalue weighted by atomic mass is 19.4. The summed E-state index contributed by atoms with van der Waals surface area (Å²) in [7, 11) is 0. The van der Waals surface area contributed by atoms with Crippen molar-refractivity contribution in [3.05, 3.63) is 34.9 Å². The summed E-state index contributed by atoms with van der Waals surface area (Å²) in [6.07, 6.45) is 0.540. The third-order valence-electron chi connectivity index (χ3n) is 5.20. The maximum Gasteiger partial charge on any atom is 0.418 e. The summed E-state index contributed by atoms with van der Waals surface area (Å²) >= 11 is 0. The van der Waals surface area contributed by atoms with Crippen molar-refractivity contribution in [1.29, 1.82) is 0 Å². The molecule has 1 fully saturated rings. The van der Waals surface area contributed by atoms with Crippen LogP contribution in [0.1, 0.15) is 61.6 Å². The van der Waals surface area contributed by atoms with Crippen molar-refractivity contribution in [2.75, 3.05) is 11.9 Å². The summed E-state index contributed by atoms with van der Waals surface area (Å²) in [4.78, 5) is 4.27. The lowest BCUT2D eigenvalue weighted by molar-refractivity contribution is -0.136. The monoisotopic (exact) mass is 404 g/mol. The smallest absolute Gasteiger partial charge is 0.402 e. The maximum absolute atomic E-state index is 13.8. The van der Waals surface area contributed by atoms with Gasteiger partial charge in [-0.05, 0) is 61.4 Å². The van der Waals surface area contributed by atoms with Crippen LogP contribution in [-0.2, 0) is 6.18 Å². The summed E-state index contributed by atoms with van der Waals surface area (Å²) in [6, 6.07) is 5.03. The van der Waals surface area contributed by atoms with Crippen LogP contribution in [0.2, 0.25) is 0 Å². The Morgan fingerprint density at radius 3 is 2.62 bits per heavy atom. The predicted molar refractivity (Wildman–Crippen MR) is 105 cm³/mol. The Morgan fingerprint density at radius 2 is 1.93 bits per heavy atom. The Kier molecular flexibility index (Phi) is 5.19. The van der Waals surface area contributed by atoms with Gasteiger partial charge in [0.05, 0.1) is 11.1 Å². The van der Waals surface area contributed by atoms with Gasteiger partial charge in [-0.3, -0.25) is 0 Å². The van der Waals surface area contributed by atoms with E-state index in [-0.39, 0.29) is 29.0 Å². The molecule has 1 saturated carbocycles. The molecular weight excluding hydrogens is 381 g/mol. The number of benzene rings is 1. The lowest BCUT2D eigenvalue weighted by Crippen LogP contribution is -2.08. The topological polar surface area (TPSA) is 63.8 Å². The van der Waals surface area contributed by atoms with Crippen LogP contribution in [0, 0.1) is 6.92 Å². The third-order valence-corrected chi connectivity index (χ3v) is 5.20. The molecule has 1 aromatic carbocycles. The summed E-state index contributed by atoms with van der Waals surface area (Å²) < 4.78 is 46.8. The van der Waals surface area contributed by atoms with Crippen LogP contribution in [0.3, 0.4) is 0 Å². The number of rotatable bonds is 7. The number of hydrogen-bond donors (Lipinski definition) is 1. The van der Waals surface area contributed by atoms with E-state index in [4.69, 9.17) is 4.42 Å². The van der Waals surface area contributed by atoms with Crippen molar-refractivity contribution in [1.82, 2.24) is 15.2 Å². The number of pyridine rings is 1. The number of fused-ring (bicyclic) bond motifs is 1. The van der Waals surface area contributed by atoms with E-state index in [1.807, 2.05) is 6.07 Å². The van der Waals surface area contributed by atoms with Crippen molar-refractivity contribution in [2.45, 2.75) is 58.0 Å². The number of aryl methyl sites for hydroxylation is 1. The average Bonchev–Trinajstić information content (AvgIpc) is 3.42. The van der Waals surface area contributed by atoms with Gasteiger partial charge < -0.3 is 9.73 Å². The van der Waals surface area contributed by atoms with E-state index >= 15 is 0 Å². The fraction of sp³-hybridized carbons (Fsp3) is 0.476. The molecule has 0 bridgehead atoms. The minimum atomic E-state index is -4.48. The molecule has 2 aromatic heterocycles. The molecule has 0 atom stereocenters.